The van der Waals surface area contributed by atoms with Crippen molar-refractivity contribution < 1.29 is 9.09 Å². The van der Waals surface area contributed by atoms with Crippen LogP contribution in [0.2, 0.25) is 0 Å². The molecule has 0 heterocycles. The summed E-state index contributed by atoms with van der Waals surface area (Å²) in [7, 11) is -2.46. The van der Waals surface area contributed by atoms with E-state index in [1.165, 1.54) is 0 Å². The first kappa shape index (κ1) is 13.3. The Bertz CT molecular complexity index is 335. The maximum atomic E-state index is 12.5. The van der Waals surface area contributed by atoms with Crippen LogP contribution in [0.3, 0.4) is 0 Å². The fraction of sp³-hybridized carbons (Fsp3) is 0.538. The van der Waals surface area contributed by atoms with Gasteiger partial charge in [0.05, 0.1) is 0 Å². The van der Waals surface area contributed by atoms with E-state index in [1.807, 2.05) is 37.3 Å². The molecule has 0 amide bonds. The zero-order valence-electron chi connectivity index (χ0n) is 10.2. The molecule has 0 aliphatic rings. The number of hydrogen-bond donors (Lipinski definition) is 0. The molecule has 1 unspecified atom stereocenters. The molecule has 0 aromatic heterocycles. The molecular weight excluding hydrogens is 219 g/mol. The van der Waals surface area contributed by atoms with Crippen LogP contribution in [0.4, 0.5) is 0 Å². The van der Waals surface area contributed by atoms with Crippen LogP contribution in [0.5, 0.6) is 5.75 Å². The van der Waals surface area contributed by atoms with Crippen molar-refractivity contribution in [3.8, 4) is 5.75 Å². The molecule has 0 spiro atoms. The summed E-state index contributed by atoms with van der Waals surface area (Å²) in [5, 5.41) is 0. The van der Waals surface area contributed by atoms with Gasteiger partial charge in [0, 0.05) is 12.3 Å². The summed E-state index contributed by atoms with van der Waals surface area (Å²) in [5.41, 5.74) is 0. The van der Waals surface area contributed by atoms with Gasteiger partial charge in [0.25, 0.3) is 0 Å². The highest BCUT2D eigenvalue weighted by Gasteiger charge is 2.22. The summed E-state index contributed by atoms with van der Waals surface area (Å²) < 4.78 is 18.2. The summed E-state index contributed by atoms with van der Waals surface area (Å²) in [6, 6.07) is 9.49. The zero-order chi connectivity index (χ0) is 11.9. The molecule has 0 aliphatic heterocycles. The average molecular weight is 240 g/mol. The summed E-state index contributed by atoms with van der Waals surface area (Å²) in [6.45, 7) is 4.16. The highest BCUT2D eigenvalue weighted by molar-refractivity contribution is 7.59. The second kappa shape index (κ2) is 6.75. The van der Waals surface area contributed by atoms with E-state index in [-0.39, 0.29) is 0 Å². The Morgan fingerprint density at radius 1 is 1.06 bits per heavy atom. The van der Waals surface area contributed by atoms with Crippen LogP contribution in [0, 0.1) is 0 Å². The minimum atomic E-state index is -2.46. The van der Waals surface area contributed by atoms with Gasteiger partial charge in [-0.1, -0.05) is 38.5 Å². The molecule has 3 heteroatoms. The number of hydrogen-bond acceptors (Lipinski definition) is 2. The molecule has 0 radical (unpaired) electrons. The lowest BCUT2D eigenvalue weighted by Crippen LogP contribution is -2.02. The molecule has 0 N–H and O–H groups in total. The van der Waals surface area contributed by atoms with E-state index in [1.54, 1.807) is 0 Å². The first-order valence-electron chi connectivity index (χ1n) is 6.03. The predicted octanol–water partition coefficient (Wildman–Crippen LogP) is 4.55. The standard InChI is InChI=1S/C13H21O2P/c1-3-5-12-16(14,11-4-2)15-13-9-7-6-8-10-13/h6-10H,3-5,11-12H2,1-2H3. The summed E-state index contributed by atoms with van der Waals surface area (Å²) in [4.78, 5) is 0. The van der Waals surface area contributed by atoms with E-state index in [0.717, 1.165) is 25.0 Å². The maximum absolute atomic E-state index is 12.5. The lowest BCUT2D eigenvalue weighted by Gasteiger charge is -2.18. The van der Waals surface area contributed by atoms with Crippen LogP contribution < -0.4 is 4.52 Å². The molecule has 0 aliphatic carbocycles. The Morgan fingerprint density at radius 2 is 1.75 bits per heavy atom. The zero-order valence-corrected chi connectivity index (χ0v) is 11.1. The van der Waals surface area contributed by atoms with Crippen molar-refractivity contribution in [2.24, 2.45) is 0 Å². The quantitative estimate of drug-likeness (QED) is 0.653. The minimum absolute atomic E-state index is 0.682. The van der Waals surface area contributed by atoms with Gasteiger partial charge in [-0.3, -0.25) is 4.57 Å². The fourth-order valence-electron chi connectivity index (χ4n) is 1.62. The van der Waals surface area contributed by atoms with Crippen LogP contribution in [0.25, 0.3) is 0 Å². The lowest BCUT2D eigenvalue weighted by atomic mass is 10.3. The molecule has 1 aromatic carbocycles. The highest BCUT2D eigenvalue weighted by atomic mass is 31.2. The largest absolute Gasteiger partial charge is 0.443 e. The number of benzene rings is 1. The van der Waals surface area contributed by atoms with Gasteiger partial charge in [0.1, 0.15) is 5.75 Å². The van der Waals surface area contributed by atoms with Gasteiger partial charge in [0.15, 0.2) is 0 Å². The third kappa shape index (κ3) is 4.40. The monoisotopic (exact) mass is 240 g/mol. The summed E-state index contributed by atoms with van der Waals surface area (Å²) in [5.74, 6) is 0.732. The van der Waals surface area contributed by atoms with Crippen LogP contribution in [0.15, 0.2) is 30.3 Å². The Labute approximate surface area is 98.5 Å². The van der Waals surface area contributed by atoms with Crippen molar-refractivity contribution in [3.05, 3.63) is 30.3 Å². The normalized spacial score (nSPS) is 14.4. The molecular formula is C13H21O2P. The Balaban J connectivity index is 2.67. The van der Waals surface area contributed by atoms with E-state index in [4.69, 9.17) is 4.52 Å². The second-order valence-corrected chi connectivity index (χ2v) is 6.73. The molecule has 0 fully saturated rings. The van der Waals surface area contributed by atoms with Crippen LogP contribution in [-0.4, -0.2) is 12.3 Å². The predicted molar refractivity (Wildman–Crippen MR) is 69.6 cm³/mol. The summed E-state index contributed by atoms with van der Waals surface area (Å²) in [6.07, 6.45) is 4.33. The lowest BCUT2D eigenvalue weighted by molar-refractivity contribution is 0.478. The van der Waals surface area contributed by atoms with E-state index < -0.39 is 7.37 Å². The van der Waals surface area contributed by atoms with Crippen molar-refractivity contribution in [3.63, 3.8) is 0 Å². The van der Waals surface area contributed by atoms with Gasteiger partial charge in [0.2, 0.25) is 7.37 Å². The van der Waals surface area contributed by atoms with Gasteiger partial charge in [-0.15, -0.1) is 0 Å². The number of rotatable bonds is 7. The molecule has 90 valence electrons. The van der Waals surface area contributed by atoms with Crippen LogP contribution in [-0.2, 0) is 4.57 Å². The molecule has 1 rings (SSSR count). The van der Waals surface area contributed by atoms with Gasteiger partial charge < -0.3 is 4.52 Å². The van der Waals surface area contributed by atoms with Crippen LogP contribution in [0.1, 0.15) is 33.1 Å². The molecule has 16 heavy (non-hydrogen) atoms. The van der Waals surface area contributed by atoms with Gasteiger partial charge in [-0.25, -0.2) is 0 Å². The van der Waals surface area contributed by atoms with Gasteiger partial charge >= 0.3 is 0 Å². The topological polar surface area (TPSA) is 26.3 Å². The molecule has 1 atom stereocenters. The molecule has 2 nitrogen and oxygen atoms in total. The van der Waals surface area contributed by atoms with E-state index in [2.05, 4.69) is 6.92 Å². The first-order chi connectivity index (χ1) is 7.70. The Morgan fingerprint density at radius 3 is 2.31 bits per heavy atom. The third-order valence-electron chi connectivity index (χ3n) is 2.43. The molecule has 0 bridgehead atoms. The smallest absolute Gasteiger partial charge is 0.247 e. The van der Waals surface area contributed by atoms with Gasteiger partial charge in [-0.05, 0) is 25.0 Å². The number of unbranched alkanes of at least 4 members (excludes halogenated alkanes) is 1. The van der Waals surface area contributed by atoms with Crippen molar-refractivity contribution in [1.82, 2.24) is 0 Å². The number of para-hydroxylation sites is 1. The van der Waals surface area contributed by atoms with Crippen LogP contribution >= 0.6 is 7.37 Å². The Hall–Kier alpha value is -0.750. The SMILES string of the molecule is CCCCP(=O)(CCC)Oc1ccccc1. The van der Waals surface area contributed by atoms with Crippen molar-refractivity contribution in [2.75, 3.05) is 12.3 Å². The van der Waals surface area contributed by atoms with E-state index in [9.17, 15) is 4.57 Å². The second-order valence-electron chi connectivity index (χ2n) is 4.02. The van der Waals surface area contributed by atoms with Crippen molar-refractivity contribution in [1.29, 1.82) is 0 Å². The summed E-state index contributed by atoms with van der Waals surface area (Å²) >= 11 is 0. The van der Waals surface area contributed by atoms with Gasteiger partial charge in [-0.2, -0.15) is 0 Å². The first-order valence-corrected chi connectivity index (χ1v) is 8.02. The molecule has 0 saturated heterocycles. The van der Waals surface area contributed by atoms with E-state index in [0.29, 0.717) is 12.3 Å². The molecule has 1 aromatic rings. The highest BCUT2D eigenvalue weighted by Crippen LogP contribution is 2.48. The molecule has 0 saturated carbocycles. The Kier molecular flexibility index (Phi) is 5.62. The third-order valence-corrected chi connectivity index (χ3v) is 5.10. The maximum Gasteiger partial charge on any atom is 0.247 e. The minimum Gasteiger partial charge on any atom is -0.443 e. The van der Waals surface area contributed by atoms with Crippen molar-refractivity contribution in [2.45, 2.75) is 33.1 Å². The van der Waals surface area contributed by atoms with Crippen molar-refractivity contribution >= 4 is 7.37 Å². The fourth-order valence-corrected chi connectivity index (χ4v) is 4.01. The average Bonchev–Trinajstić information content (AvgIpc) is 2.28. The van der Waals surface area contributed by atoms with E-state index >= 15 is 0 Å².